The predicted octanol–water partition coefficient (Wildman–Crippen LogP) is 3.84. The third-order valence-electron chi connectivity index (χ3n) is 2.18. The highest BCUT2D eigenvalue weighted by atomic mass is 79.9. The van der Waals surface area contributed by atoms with Gasteiger partial charge in [-0.1, -0.05) is 53.9 Å². The zero-order valence-corrected chi connectivity index (χ0v) is 11.7. The van der Waals surface area contributed by atoms with Gasteiger partial charge in [-0.25, -0.2) is 9.67 Å². The molecule has 0 atom stereocenters. The van der Waals surface area contributed by atoms with Crippen molar-refractivity contribution in [3.8, 4) is 5.69 Å². The molecule has 0 amide bonds. The predicted molar refractivity (Wildman–Crippen MR) is 74.7 cm³/mol. The van der Waals surface area contributed by atoms with Crippen LogP contribution in [-0.2, 0) is 0 Å². The quantitative estimate of drug-likeness (QED) is 0.634. The number of aromatic nitrogens is 3. The van der Waals surface area contributed by atoms with Gasteiger partial charge in [-0.05, 0) is 18.6 Å². The molecule has 0 N–H and O–H groups in total. The molecule has 3 nitrogen and oxygen atoms in total. The second-order valence-electron chi connectivity index (χ2n) is 3.57. The van der Waals surface area contributed by atoms with E-state index in [2.05, 4.69) is 32.9 Å². The SMILES string of the molecule is CCCCCBr.c1ccc(-n2cncn2)cc1. The summed E-state index contributed by atoms with van der Waals surface area (Å²) in [5.41, 5.74) is 1.03. The molecule has 92 valence electrons. The highest BCUT2D eigenvalue weighted by molar-refractivity contribution is 9.09. The molecule has 2 rings (SSSR count). The van der Waals surface area contributed by atoms with E-state index in [0.717, 1.165) is 5.69 Å². The summed E-state index contributed by atoms with van der Waals surface area (Å²) in [5.74, 6) is 0. The Balaban J connectivity index is 0.000000209. The van der Waals surface area contributed by atoms with Crippen LogP contribution in [0.2, 0.25) is 0 Å². The molecule has 0 saturated heterocycles. The van der Waals surface area contributed by atoms with Gasteiger partial charge in [0.1, 0.15) is 12.7 Å². The van der Waals surface area contributed by atoms with Crippen molar-refractivity contribution in [2.24, 2.45) is 0 Å². The van der Waals surface area contributed by atoms with Crippen LogP contribution in [0.1, 0.15) is 26.2 Å². The van der Waals surface area contributed by atoms with Gasteiger partial charge in [0.25, 0.3) is 0 Å². The van der Waals surface area contributed by atoms with Crippen LogP contribution in [0, 0.1) is 0 Å². The molecular formula is C13H18BrN3. The summed E-state index contributed by atoms with van der Waals surface area (Å²) in [5, 5.41) is 5.16. The van der Waals surface area contributed by atoms with E-state index in [-0.39, 0.29) is 0 Å². The van der Waals surface area contributed by atoms with Gasteiger partial charge in [0.2, 0.25) is 0 Å². The van der Waals surface area contributed by atoms with Crippen molar-refractivity contribution in [2.45, 2.75) is 26.2 Å². The first-order valence-electron chi connectivity index (χ1n) is 5.84. The van der Waals surface area contributed by atoms with Gasteiger partial charge >= 0.3 is 0 Å². The summed E-state index contributed by atoms with van der Waals surface area (Å²) in [6.45, 7) is 2.21. The lowest BCUT2D eigenvalue weighted by atomic mass is 10.3. The number of benzene rings is 1. The number of nitrogens with zero attached hydrogens (tertiary/aromatic N) is 3. The Bertz CT molecular complexity index is 369. The average Bonchev–Trinajstić information content (AvgIpc) is 2.92. The molecule has 0 aliphatic carbocycles. The van der Waals surface area contributed by atoms with E-state index in [0.29, 0.717) is 0 Å². The van der Waals surface area contributed by atoms with Gasteiger partial charge in [0.15, 0.2) is 0 Å². The Morgan fingerprint density at radius 3 is 2.41 bits per heavy atom. The van der Waals surface area contributed by atoms with Crippen LogP contribution in [0.15, 0.2) is 43.0 Å². The normalized spacial score (nSPS) is 9.53. The van der Waals surface area contributed by atoms with E-state index in [9.17, 15) is 0 Å². The first-order chi connectivity index (χ1) is 8.38. The minimum atomic E-state index is 1.03. The monoisotopic (exact) mass is 295 g/mol. The molecule has 2 aromatic rings. The van der Waals surface area contributed by atoms with E-state index >= 15 is 0 Å². The van der Waals surface area contributed by atoms with Gasteiger partial charge in [-0.3, -0.25) is 0 Å². The molecule has 17 heavy (non-hydrogen) atoms. The van der Waals surface area contributed by atoms with Crippen molar-refractivity contribution >= 4 is 15.9 Å². The summed E-state index contributed by atoms with van der Waals surface area (Å²) in [7, 11) is 0. The van der Waals surface area contributed by atoms with E-state index in [1.807, 2.05) is 30.3 Å². The largest absolute Gasteiger partial charge is 0.223 e. The molecule has 0 fully saturated rings. The molecule has 1 aromatic heterocycles. The van der Waals surface area contributed by atoms with Gasteiger partial charge in [-0.15, -0.1) is 0 Å². The van der Waals surface area contributed by atoms with Crippen molar-refractivity contribution in [1.29, 1.82) is 0 Å². The highest BCUT2D eigenvalue weighted by Gasteiger charge is 1.91. The maximum Gasteiger partial charge on any atom is 0.138 e. The molecule has 1 aromatic carbocycles. The van der Waals surface area contributed by atoms with Crippen molar-refractivity contribution in [1.82, 2.24) is 14.8 Å². The van der Waals surface area contributed by atoms with Crippen molar-refractivity contribution in [3.05, 3.63) is 43.0 Å². The Morgan fingerprint density at radius 1 is 1.18 bits per heavy atom. The van der Waals surface area contributed by atoms with Gasteiger partial charge in [0, 0.05) is 5.33 Å². The van der Waals surface area contributed by atoms with Crippen LogP contribution in [0.3, 0.4) is 0 Å². The zero-order chi connectivity index (χ0) is 12.3. The van der Waals surface area contributed by atoms with Gasteiger partial charge in [0.05, 0.1) is 5.69 Å². The Morgan fingerprint density at radius 2 is 1.94 bits per heavy atom. The maximum absolute atomic E-state index is 3.99. The number of halogens is 1. The number of para-hydroxylation sites is 1. The number of hydrogen-bond donors (Lipinski definition) is 0. The van der Waals surface area contributed by atoms with Crippen molar-refractivity contribution in [2.75, 3.05) is 5.33 Å². The Labute approximate surface area is 111 Å². The van der Waals surface area contributed by atoms with E-state index in [1.165, 1.54) is 30.9 Å². The maximum atomic E-state index is 3.99. The third-order valence-corrected chi connectivity index (χ3v) is 2.74. The second-order valence-corrected chi connectivity index (χ2v) is 4.36. The lowest BCUT2D eigenvalue weighted by Crippen LogP contribution is -1.92. The van der Waals surface area contributed by atoms with Crippen LogP contribution >= 0.6 is 15.9 Å². The van der Waals surface area contributed by atoms with Crippen LogP contribution in [0.5, 0.6) is 0 Å². The summed E-state index contributed by atoms with van der Waals surface area (Å²) in [4.78, 5) is 3.85. The summed E-state index contributed by atoms with van der Waals surface area (Å²) in [6.07, 6.45) is 7.22. The molecule has 0 aliphatic heterocycles. The van der Waals surface area contributed by atoms with Crippen molar-refractivity contribution in [3.63, 3.8) is 0 Å². The minimum Gasteiger partial charge on any atom is -0.223 e. The molecule has 0 radical (unpaired) electrons. The van der Waals surface area contributed by atoms with Crippen LogP contribution < -0.4 is 0 Å². The first kappa shape index (κ1) is 13.9. The van der Waals surface area contributed by atoms with Gasteiger partial charge < -0.3 is 0 Å². The first-order valence-corrected chi connectivity index (χ1v) is 6.96. The molecule has 0 spiro atoms. The standard InChI is InChI=1S/C8H7N3.C5H11Br/c1-2-4-8(5-3-1)11-7-9-6-10-11;1-2-3-4-5-6/h1-7H;2-5H2,1H3. The summed E-state index contributed by atoms with van der Waals surface area (Å²) in [6, 6.07) is 9.87. The average molecular weight is 296 g/mol. The fourth-order valence-electron chi connectivity index (χ4n) is 1.27. The zero-order valence-electron chi connectivity index (χ0n) is 10.1. The molecule has 0 saturated carbocycles. The van der Waals surface area contributed by atoms with Crippen LogP contribution in [-0.4, -0.2) is 20.1 Å². The highest BCUT2D eigenvalue weighted by Crippen LogP contribution is 2.02. The fraction of sp³-hybridized carbons (Fsp3) is 0.385. The lowest BCUT2D eigenvalue weighted by molar-refractivity contribution is 0.781. The van der Waals surface area contributed by atoms with Crippen LogP contribution in [0.4, 0.5) is 0 Å². The summed E-state index contributed by atoms with van der Waals surface area (Å²) >= 11 is 3.35. The third kappa shape index (κ3) is 5.63. The molecule has 1 heterocycles. The van der Waals surface area contributed by atoms with Crippen molar-refractivity contribution < 1.29 is 0 Å². The number of unbranched alkanes of at least 4 members (excludes halogenated alkanes) is 2. The number of hydrogen-bond acceptors (Lipinski definition) is 2. The fourth-order valence-corrected chi connectivity index (χ4v) is 1.66. The molecular weight excluding hydrogens is 278 g/mol. The molecule has 0 aliphatic rings. The van der Waals surface area contributed by atoms with E-state index in [1.54, 1.807) is 11.0 Å². The van der Waals surface area contributed by atoms with E-state index < -0.39 is 0 Å². The Kier molecular flexibility index (Phi) is 7.30. The van der Waals surface area contributed by atoms with E-state index in [4.69, 9.17) is 0 Å². The smallest absolute Gasteiger partial charge is 0.138 e. The number of rotatable bonds is 4. The minimum absolute atomic E-state index is 1.03. The summed E-state index contributed by atoms with van der Waals surface area (Å²) < 4.78 is 1.72. The lowest BCUT2D eigenvalue weighted by Gasteiger charge is -1.96. The number of alkyl halides is 1. The Hall–Kier alpha value is -1.16. The molecule has 0 bridgehead atoms. The topological polar surface area (TPSA) is 30.7 Å². The second kappa shape index (κ2) is 8.93. The van der Waals surface area contributed by atoms with Gasteiger partial charge in [-0.2, -0.15) is 5.10 Å². The molecule has 4 heteroatoms. The molecule has 0 unspecified atom stereocenters. The van der Waals surface area contributed by atoms with Crippen LogP contribution in [0.25, 0.3) is 5.69 Å².